The van der Waals surface area contributed by atoms with Crippen LogP contribution in [0.25, 0.3) is 0 Å². The van der Waals surface area contributed by atoms with Gasteiger partial charge in [-0.25, -0.2) is 0 Å². The minimum absolute atomic E-state index is 0.423. The Balaban J connectivity index is 1.85. The van der Waals surface area contributed by atoms with Crippen molar-refractivity contribution in [3.05, 3.63) is 35.9 Å². The molecular weight excluding hydrogens is 222 g/mol. The lowest BCUT2D eigenvalue weighted by Gasteiger charge is -2.40. The second-order valence-corrected chi connectivity index (χ2v) is 5.98. The maximum atomic E-state index is 5.48. The van der Waals surface area contributed by atoms with Gasteiger partial charge in [-0.15, -0.1) is 0 Å². The van der Waals surface area contributed by atoms with Crippen LogP contribution >= 0.6 is 0 Å². The van der Waals surface area contributed by atoms with E-state index in [1.807, 2.05) is 7.11 Å². The van der Waals surface area contributed by atoms with Gasteiger partial charge in [0.25, 0.3) is 0 Å². The van der Waals surface area contributed by atoms with Gasteiger partial charge in [0, 0.05) is 12.6 Å². The molecule has 0 bridgehead atoms. The third-order valence-electron chi connectivity index (χ3n) is 4.87. The number of rotatable bonds is 4. The van der Waals surface area contributed by atoms with Crippen LogP contribution in [0.5, 0.6) is 0 Å². The van der Waals surface area contributed by atoms with Gasteiger partial charge in [-0.05, 0) is 44.2 Å². The first-order chi connectivity index (χ1) is 8.75. The second kappa shape index (κ2) is 4.67. The third-order valence-corrected chi connectivity index (χ3v) is 4.87. The van der Waals surface area contributed by atoms with E-state index >= 15 is 0 Å². The van der Waals surface area contributed by atoms with Crippen molar-refractivity contribution < 1.29 is 4.74 Å². The smallest absolute Gasteiger partial charge is 0.0659 e. The molecule has 0 N–H and O–H groups in total. The first-order valence-corrected chi connectivity index (χ1v) is 7.06. The molecule has 0 unspecified atom stereocenters. The lowest BCUT2D eigenvalue weighted by Crippen LogP contribution is -2.44. The Bertz CT molecular complexity index is 405. The van der Waals surface area contributed by atoms with E-state index in [1.165, 1.54) is 31.4 Å². The molecule has 1 heterocycles. The summed E-state index contributed by atoms with van der Waals surface area (Å²) in [7, 11) is 1.81. The van der Waals surface area contributed by atoms with Crippen LogP contribution in [-0.4, -0.2) is 30.7 Å². The average Bonchev–Trinajstić information content (AvgIpc) is 3.09. The fourth-order valence-corrected chi connectivity index (χ4v) is 3.68. The van der Waals surface area contributed by atoms with Gasteiger partial charge in [-0.3, -0.25) is 4.90 Å². The zero-order valence-corrected chi connectivity index (χ0v) is 11.4. The number of hydrogen-bond acceptors (Lipinski definition) is 2. The van der Waals surface area contributed by atoms with Crippen molar-refractivity contribution in [1.29, 1.82) is 0 Å². The molecule has 1 aromatic rings. The maximum absolute atomic E-state index is 5.48. The maximum Gasteiger partial charge on any atom is 0.0659 e. The summed E-state index contributed by atoms with van der Waals surface area (Å²) in [6.45, 7) is 4.45. The molecule has 1 aliphatic heterocycles. The van der Waals surface area contributed by atoms with Gasteiger partial charge in [0.2, 0.25) is 0 Å². The van der Waals surface area contributed by atoms with Crippen LogP contribution in [0, 0.1) is 5.92 Å². The summed E-state index contributed by atoms with van der Waals surface area (Å²) in [5.74, 6) is 0.925. The van der Waals surface area contributed by atoms with Crippen LogP contribution in [-0.2, 0) is 4.74 Å². The molecule has 1 saturated heterocycles. The topological polar surface area (TPSA) is 12.5 Å². The largest absolute Gasteiger partial charge is 0.383 e. The normalized spacial score (nSPS) is 32.9. The van der Waals surface area contributed by atoms with E-state index in [2.05, 4.69) is 42.2 Å². The van der Waals surface area contributed by atoms with E-state index in [1.54, 1.807) is 0 Å². The summed E-state index contributed by atoms with van der Waals surface area (Å²) >= 11 is 0. The molecule has 0 radical (unpaired) electrons. The van der Waals surface area contributed by atoms with E-state index in [0.29, 0.717) is 11.6 Å². The highest BCUT2D eigenvalue weighted by molar-refractivity contribution is 5.22. The fraction of sp³-hybridized carbons (Fsp3) is 0.625. The first-order valence-electron chi connectivity index (χ1n) is 7.06. The molecule has 0 amide bonds. The molecule has 0 spiro atoms. The highest BCUT2D eigenvalue weighted by Crippen LogP contribution is 2.56. The lowest BCUT2D eigenvalue weighted by atomic mass is 9.97. The Morgan fingerprint density at radius 2 is 2.17 bits per heavy atom. The predicted molar refractivity (Wildman–Crippen MR) is 73.5 cm³/mol. The minimum atomic E-state index is 0.423. The molecule has 2 nitrogen and oxygen atoms in total. The number of fused-ring (bicyclic) bond motifs is 1. The standard InChI is InChI=1S/C16H23NO/c1-16-11-14(16)9-6-10-17(16)15(12-18-2)13-7-4-3-5-8-13/h3-5,7-8,14-15H,6,9-12H2,1-2H3/t14-,15-,16+/m0/s1. The Morgan fingerprint density at radius 3 is 2.89 bits per heavy atom. The fourth-order valence-electron chi connectivity index (χ4n) is 3.68. The van der Waals surface area contributed by atoms with Gasteiger partial charge in [-0.2, -0.15) is 0 Å². The van der Waals surface area contributed by atoms with Gasteiger partial charge in [-0.1, -0.05) is 30.3 Å². The van der Waals surface area contributed by atoms with Crippen LogP contribution in [0.4, 0.5) is 0 Å². The molecule has 3 rings (SSSR count). The lowest BCUT2D eigenvalue weighted by molar-refractivity contribution is 0.0351. The van der Waals surface area contributed by atoms with Gasteiger partial charge in [0.15, 0.2) is 0 Å². The van der Waals surface area contributed by atoms with Gasteiger partial charge >= 0.3 is 0 Å². The molecule has 0 aromatic heterocycles. The van der Waals surface area contributed by atoms with E-state index in [4.69, 9.17) is 4.74 Å². The number of benzene rings is 1. The SMILES string of the molecule is COC[C@@H](c1ccccc1)N1CCC[C@H]2C[C@]21C. The molecular formula is C16H23NO. The molecule has 1 aromatic carbocycles. The highest BCUT2D eigenvalue weighted by atomic mass is 16.5. The van der Waals surface area contributed by atoms with Crippen LogP contribution < -0.4 is 0 Å². The number of methoxy groups -OCH3 is 1. The van der Waals surface area contributed by atoms with E-state index in [-0.39, 0.29) is 0 Å². The van der Waals surface area contributed by atoms with Crippen molar-refractivity contribution >= 4 is 0 Å². The van der Waals surface area contributed by atoms with Crippen molar-refractivity contribution in [2.24, 2.45) is 5.92 Å². The quantitative estimate of drug-likeness (QED) is 0.807. The average molecular weight is 245 g/mol. The van der Waals surface area contributed by atoms with Crippen molar-refractivity contribution in [3.63, 3.8) is 0 Å². The van der Waals surface area contributed by atoms with Crippen molar-refractivity contribution in [1.82, 2.24) is 4.90 Å². The molecule has 3 atom stereocenters. The highest BCUT2D eigenvalue weighted by Gasteiger charge is 2.57. The van der Waals surface area contributed by atoms with Crippen LogP contribution in [0.1, 0.15) is 37.8 Å². The van der Waals surface area contributed by atoms with E-state index in [0.717, 1.165) is 12.5 Å². The molecule has 18 heavy (non-hydrogen) atoms. The Kier molecular flexibility index (Phi) is 3.16. The Labute approximate surface area is 110 Å². The molecule has 1 saturated carbocycles. The van der Waals surface area contributed by atoms with Crippen molar-refractivity contribution in [3.8, 4) is 0 Å². The van der Waals surface area contributed by atoms with Crippen LogP contribution in [0.3, 0.4) is 0 Å². The summed E-state index contributed by atoms with van der Waals surface area (Å²) < 4.78 is 5.48. The number of hydrogen-bond donors (Lipinski definition) is 0. The van der Waals surface area contributed by atoms with Crippen LogP contribution in [0.2, 0.25) is 0 Å². The summed E-state index contributed by atoms with van der Waals surface area (Å²) in [4.78, 5) is 2.69. The number of nitrogens with zero attached hydrogens (tertiary/aromatic N) is 1. The molecule has 2 aliphatic rings. The monoisotopic (exact) mass is 245 g/mol. The van der Waals surface area contributed by atoms with E-state index < -0.39 is 0 Å². The second-order valence-electron chi connectivity index (χ2n) is 5.98. The zero-order valence-electron chi connectivity index (χ0n) is 11.4. The number of likely N-dealkylation sites (tertiary alicyclic amines) is 1. The van der Waals surface area contributed by atoms with Crippen molar-refractivity contribution in [2.45, 2.75) is 37.8 Å². The summed E-state index contributed by atoms with van der Waals surface area (Å²) in [5, 5.41) is 0. The molecule has 98 valence electrons. The summed E-state index contributed by atoms with van der Waals surface area (Å²) in [6, 6.07) is 11.2. The summed E-state index contributed by atoms with van der Waals surface area (Å²) in [5.41, 5.74) is 1.84. The minimum Gasteiger partial charge on any atom is -0.383 e. The number of ether oxygens (including phenoxy) is 1. The van der Waals surface area contributed by atoms with Crippen molar-refractivity contribution in [2.75, 3.05) is 20.3 Å². The van der Waals surface area contributed by atoms with Gasteiger partial charge in [0.05, 0.1) is 12.6 Å². The summed E-state index contributed by atoms with van der Waals surface area (Å²) in [6.07, 6.45) is 4.13. The third kappa shape index (κ3) is 1.98. The van der Waals surface area contributed by atoms with E-state index in [9.17, 15) is 0 Å². The van der Waals surface area contributed by atoms with Crippen LogP contribution in [0.15, 0.2) is 30.3 Å². The Morgan fingerprint density at radius 1 is 1.39 bits per heavy atom. The molecule has 1 aliphatic carbocycles. The zero-order chi connectivity index (χ0) is 12.6. The van der Waals surface area contributed by atoms with Gasteiger partial charge < -0.3 is 4.74 Å². The van der Waals surface area contributed by atoms with Gasteiger partial charge in [0.1, 0.15) is 0 Å². The Hall–Kier alpha value is -0.860. The molecule has 2 fully saturated rings. The number of piperidine rings is 1. The first kappa shape index (κ1) is 12.2. The predicted octanol–water partition coefficient (Wildman–Crippen LogP) is 3.25. The molecule has 2 heteroatoms.